The largest absolute Gasteiger partial charge is 0.492 e. The fourth-order valence-electron chi connectivity index (χ4n) is 1.28. The van der Waals surface area contributed by atoms with Crippen molar-refractivity contribution >= 4 is 5.91 Å². The average Bonchev–Trinajstić information content (AvgIpc) is 2.25. The van der Waals surface area contributed by atoms with Gasteiger partial charge in [-0.15, -0.1) is 0 Å². The third-order valence-corrected chi connectivity index (χ3v) is 2.05. The van der Waals surface area contributed by atoms with Crippen LogP contribution in [0.5, 0.6) is 5.75 Å². The summed E-state index contributed by atoms with van der Waals surface area (Å²) in [4.78, 5) is 11.1. The summed E-state index contributed by atoms with van der Waals surface area (Å²) in [6, 6.07) is 7.81. The van der Waals surface area contributed by atoms with E-state index in [1.165, 1.54) is 0 Å². The minimum Gasteiger partial charge on any atom is -0.492 e. The molecule has 0 saturated heterocycles. The number of nitrogens with one attached hydrogen (secondary N) is 1. The molecule has 4 heteroatoms. The Morgan fingerprint density at radius 1 is 1.50 bits per heavy atom. The quantitative estimate of drug-likeness (QED) is 0.701. The molecule has 1 amide bonds. The molecule has 0 saturated carbocycles. The van der Waals surface area contributed by atoms with E-state index in [1.807, 2.05) is 31.2 Å². The van der Waals surface area contributed by atoms with Crippen LogP contribution < -0.4 is 15.8 Å². The first-order chi connectivity index (χ1) is 7.72. The number of hydrogen-bond donors (Lipinski definition) is 2. The third-order valence-electron chi connectivity index (χ3n) is 2.05. The van der Waals surface area contributed by atoms with Crippen molar-refractivity contribution in [3.63, 3.8) is 0 Å². The molecule has 1 aromatic rings. The number of carbonyl (C=O) groups is 1. The topological polar surface area (TPSA) is 64.3 Å². The van der Waals surface area contributed by atoms with Crippen LogP contribution in [-0.4, -0.2) is 25.6 Å². The lowest BCUT2D eigenvalue weighted by Crippen LogP contribution is -2.29. The van der Waals surface area contributed by atoms with Crippen molar-refractivity contribution in [2.24, 2.45) is 5.73 Å². The monoisotopic (exact) mass is 222 g/mol. The van der Waals surface area contributed by atoms with Crippen LogP contribution in [0.25, 0.3) is 0 Å². The molecular formula is C12H18N2O2. The molecule has 16 heavy (non-hydrogen) atoms. The molecule has 0 atom stereocenters. The van der Waals surface area contributed by atoms with E-state index in [1.54, 1.807) is 0 Å². The summed E-state index contributed by atoms with van der Waals surface area (Å²) in [5.41, 5.74) is 6.41. The van der Waals surface area contributed by atoms with Crippen LogP contribution in [0.15, 0.2) is 24.3 Å². The standard InChI is InChI=1S/C12H18N2O2/c1-10-3-2-4-11(9-10)16-8-7-14-12(15)5-6-13/h2-4,9H,5-8,13H2,1H3,(H,14,15). The highest BCUT2D eigenvalue weighted by atomic mass is 16.5. The Balaban J connectivity index is 2.18. The van der Waals surface area contributed by atoms with Crippen molar-refractivity contribution in [3.8, 4) is 5.75 Å². The molecule has 1 rings (SSSR count). The Bertz CT molecular complexity index is 340. The van der Waals surface area contributed by atoms with E-state index in [2.05, 4.69) is 5.32 Å². The van der Waals surface area contributed by atoms with Gasteiger partial charge in [-0.05, 0) is 24.6 Å². The first-order valence-corrected chi connectivity index (χ1v) is 5.38. The molecule has 0 spiro atoms. The second kappa shape index (κ2) is 6.85. The van der Waals surface area contributed by atoms with Gasteiger partial charge in [0.2, 0.25) is 5.91 Å². The Kier molecular flexibility index (Phi) is 5.36. The number of hydrogen-bond acceptors (Lipinski definition) is 3. The number of ether oxygens (including phenoxy) is 1. The summed E-state index contributed by atoms with van der Waals surface area (Å²) in [6.45, 7) is 3.37. The summed E-state index contributed by atoms with van der Waals surface area (Å²) in [6.07, 6.45) is 0.366. The average molecular weight is 222 g/mol. The van der Waals surface area contributed by atoms with Gasteiger partial charge in [-0.2, -0.15) is 0 Å². The Morgan fingerprint density at radius 3 is 3.00 bits per heavy atom. The highest BCUT2D eigenvalue weighted by molar-refractivity contribution is 5.75. The van der Waals surface area contributed by atoms with Gasteiger partial charge < -0.3 is 15.8 Å². The molecule has 3 N–H and O–H groups in total. The SMILES string of the molecule is Cc1cccc(OCCNC(=O)CCN)c1. The first kappa shape index (κ1) is 12.5. The van der Waals surface area contributed by atoms with Crippen LogP contribution in [0.1, 0.15) is 12.0 Å². The predicted molar refractivity (Wildman–Crippen MR) is 63.4 cm³/mol. The summed E-state index contributed by atoms with van der Waals surface area (Å²) in [7, 11) is 0. The zero-order valence-corrected chi connectivity index (χ0v) is 9.53. The Labute approximate surface area is 95.8 Å². The molecule has 0 aliphatic heterocycles. The highest BCUT2D eigenvalue weighted by Crippen LogP contribution is 2.11. The number of amides is 1. The Morgan fingerprint density at radius 2 is 2.31 bits per heavy atom. The van der Waals surface area contributed by atoms with Crippen LogP contribution in [0.3, 0.4) is 0 Å². The van der Waals surface area contributed by atoms with Gasteiger partial charge in [0.1, 0.15) is 12.4 Å². The zero-order chi connectivity index (χ0) is 11.8. The number of aryl methyl sites for hydroxylation is 1. The van der Waals surface area contributed by atoms with E-state index in [0.717, 1.165) is 11.3 Å². The van der Waals surface area contributed by atoms with Crippen LogP contribution in [0.4, 0.5) is 0 Å². The minimum absolute atomic E-state index is 0.0321. The van der Waals surface area contributed by atoms with Gasteiger partial charge in [-0.25, -0.2) is 0 Å². The van der Waals surface area contributed by atoms with Gasteiger partial charge in [-0.1, -0.05) is 12.1 Å². The van der Waals surface area contributed by atoms with E-state index >= 15 is 0 Å². The van der Waals surface area contributed by atoms with Gasteiger partial charge in [0.05, 0.1) is 6.54 Å². The number of benzene rings is 1. The van der Waals surface area contributed by atoms with Gasteiger partial charge in [-0.3, -0.25) is 4.79 Å². The molecule has 1 aromatic carbocycles. The number of rotatable bonds is 6. The molecule has 0 unspecified atom stereocenters. The lowest BCUT2D eigenvalue weighted by molar-refractivity contribution is -0.120. The summed E-state index contributed by atoms with van der Waals surface area (Å²) < 4.78 is 5.47. The molecule has 0 aliphatic rings. The van der Waals surface area contributed by atoms with Gasteiger partial charge in [0, 0.05) is 13.0 Å². The van der Waals surface area contributed by atoms with E-state index in [9.17, 15) is 4.79 Å². The maximum Gasteiger partial charge on any atom is 0.221 e. The van der Waals surface area contributed by atoms with Crippen molar-refractivity contribution in [1.29, 1.82) is 0 Å². The Hall–Kier alpha value is -1.55. The molecular weight excluding hydrogens is 204 g/mol. The van der Waals surface area contributed by atoms with E-state index in [4.69, 9.17) is 10.5 Å². The van der Waals surface area contributed by atoms with E-state index in [0.29, 0.717) is 26.1 Å². The fraction of sp³-hybridized carbons (Fsp3) is 0.417. The maximum atomic E-state index is 11.1. The smallest absolute Gasteiger partial charge is 0.221 e. The van der Waals surface area contributed by atoms with Crippen molar-refractivity contribution in [3.05, 3.63) is 29.8 Å². The summed E-state index contributed by atoms with van der Waals surface area (Å²) >= 11 is 0. The second-order valence-corrected chi connectivity index (χ2v) is 3.55. The zero-order valence-electron chi connectivity index (χ0n) is 9.53. The van der Waals surface area contributed by atoms with E-state index < -0.39 is 0 Å². The van der Waals surface area contributed by atoms with E-state index in [-0.39, 0.29) is 5.91 Å². The molecule has 0 aliphatic carbocycles. The molecule has 88 valence electrons. The molecule has 0 heterocycles. The number of nitrogens with two attached hydrogens (primary N) is 1. The van der Waals surface area contributed by atoms with Gasteiger partial charge >= 0.3 is 0 Å². The van der Waals surface area contributed by atoms with Crippen molar-refractivity contribution in [2.75, 3.05) is 19.7 Å². The molecule has 0 aromatic heterocycles. The van der Waals surface area contributed by atoms with Crippen molar-refractivity contribution < 1.29 is 9.53 Å². The lowest BCUT2D eigenvalue weighted by atomic mass is 10.2. The fourth-order valence-corrected chi connectivity index (χ4v) is 1.28. The van der Waals surface area contributed by atoms with Crippen LogP contribution in [0.2, 0.25) is 0 Å². The second-order valence-electron chi connectivity index (χ2n) is 3.55. The summed E-state index contributed by atoms with van der Waals surface area (Å²) in [5.74, 6) is 0.795. The molecule has 0 fully saturated rings. The molecule has 4 nitrogen and oxygen atoms in total. The highest BCUT2D eigenvalue weighted by Gasteiger charge is 1.98. The van der Waals surface area contributed by atoms with Gasteiger partial charge in [0.15, 0.2) is 0 Å². The van der Waals surface area contributed by atoms with Crippen LogP contribution in [0, 0.1) is 6.92 Å². The van der Waals surface area contributed by atoms with Crippen molar-refractivity contribution in [1.82, 2.24) is 5.32 Å². The minimum atomic E-state index is -0.0321. The predicted octanol–water partition coefficient (Wildman–Crippen LogP) is 0.839. The van der Waals surface area contributed by atoms with Crippen molar-refractivity contribution in [2.45, 2.75) is 13.3 Å². The first-order valence-electron chi connectivity index (χ1n) is 5.38. The lowest BCUT2D eigenvalue weighted by Gasteiger charge is -2.07. The molecule has 0 bridgehead atoms. The number of carbonyl (C=O) groups excluding carboxylic acids is 1. The third kappa shape index (κ3) is 4.79. The van der Waals surface area contributed by atoms with Crippen LogP contribution >= 0.6 is 0 Å². The van der Waals surface area contributed by atoms with Crippen LogP contribution in [-0.2, 0) is 4.79 Å². The van der Waals surface area contributed by atoms with Gasteiger partial charge in [0.25, 0.3) is 0 Å². The molecule has 0 radical (unpaired) electrons. The normalized spacial score (nSPS) is 9.88. The summed E-state index contributed by atoms with van der Waals surface area (Å²) in [5, 5.41) is 2.72. The maximum absolute atomic E-state index is 11.1.